The summed E-state index contributed by atoms with van der Waals surface area (Å²) in [7, 11) is 0. The summed E-state index contributed by atoms with van der Waals surface area (Å²) in [6, 6.07) is 8.97. The molecule has 1 N–H and O–H groups in total. The summed E-state index contributed by atoms with van der Waals surface area (Å²) < 4.78 is 0. The molecule has 1 unspecified atom stereocenters. The number of aryl methyl sites for hydroxylation is 1. The lowest BCUT2D eigenvalue weighted by Gasteiger charge is -2.18. The minimum atomic E-state index is 0.741. The highest BCUT2D eigenvalue weighted by Crippen LogP contribution is 2.16. The van der Waals surface area contributed by atoms with Crippen LogP contribution in [0.15, 0.2) is 24.3 Å². The molecule has 108 valence electrons. The highest BCUT2D eigenvalue weighted by molar-refractivity contribution is 5.22. The van der Waals surface area contributed by atoms with Gasteiger partial charge in [-0.25, -0.2) is 0 Å². The van der Waals surface area contributed by atoms with E-state index in [1.54, 1.807) is 0 Å². The van der Waals surface area contributed by atoms with Crippen molar-refractivity contribution >= 4 is 0 Å². The molecule has 0 aromatic heterocycles. The number of hydrogen-bond acceptors (Lipinski definition) is 1. The molecule has 0 saturated heterocycles. The molecule has 1 aromatic carbocycles. The fraction of sp³-hybridized carbons (Fsp3) is 0.667. The second kappa shape index (κ2) is 9.14. The van der Waals surface area contributed by atoms with E-state index in [0.717, 1.165) is 24.9 Å². The summed E-state index contributed by atoms with van der Waals surface area (Å²) in [4.78, 5) is 0. The molecule has 0 aliphatic carbocycles. The van der Waals surface area contributed by atoms with Crippen molar-refractivity contribution in [2.24, 2.45) is 11.8 Å². The van der Waals surface area contributed by atoms with Gasteiger partial charge in [-0.1, -0.05) is 63.4 Å². The SMILES string of the molecule is CCCCC(CNCC(C)C)Cc1cccc(C)c1. The van der Waals surface area contributed by atoms with E-state index in [1.807, 2.05) is 0 Å². The maximum absolute atomic E-state index is 3.63. The molecule has 0 aliphatic rings. The Morgan fingerprint density at radius 2 is 1.95 bits per heavy atom. The van der Waals surface area contributed by atoms with Gasteiger partial charge in [-0.15, -0.1) is 0 Å². The van der Waals surface area contributed by atoms with Crippen LogP contribution in [0.25, 0.3) is 0 Å². The largest absolute Gasteiger partial charge is 0.316 e. The summed E-state index contributed by atoms with van der Waals surface area (Å²) in [6.07, 6.45) is 5.21. The van der Waals surface area contributed by atoms with Crippen LogP contribution < -0.4 is 5.32 Å². The van der Waals surface area contributed by atoms with Crippen LogP contribution in [-0.2, 0) is 6.42 Å². The third-order valence-electron chi connectivity index (χ3n) is 3.56. The first kappa shape index (κ1) is 16.2. The van der Waals surface area contributed by atoms with Crippen molar-refractivity contribution in [3.05, 3.63) is 35.4 Å². The molecule has 0 bridgehead atoms. The minimum absolute atomic E-state index is 0.741. The molecule has 0 saturated carbocycles. The Hall–Kier alpha value is -0.820. The molecule has 1 nitrogen and oxygen atoms in total. The second-order valence-corrected chi connectivity index (χ2v) is 6.25. The lowest BCUT2D eigenvalue weighted by atomic mass is 9.93. The third-order valence-corrected chi connectivity index (χ3v) is 3.56. The highest BCUT2D eigenvalue weighted by Gasteiger charge is 2.09. The van der Waals surface area contributed by atoms with Gasteiger partial charge in [0.1, 0.15) is 0 Å². The second-order valence-electron chi connectivity index (χ2n) is 6.25. The molecule has 1 aromatic rings. The van der Waals surface area contributed by atoms with Gasteiger partial charge in [0.05, 0.1) is 0 Å². The maximum atomic E-state index is 3.63. The van der Waals surface area contributed by atoms with Crippen molar-refractivity contribution in [1.82, 2.24) is 5.32 Å². The molecule has 1 heteroatoms. The van der Waals surface area contributed by atoms with E-state index < -0.39 is 0 Å². The van der Waals surface area contributed by atoms with Gasteiger partial charge in [0.25, 0.3) is 0 Å². The fourth-order valence-electron chi connectivity index (χ4n) is 2.52. The van der Waals surface area contributed by atoms with Crippen LogP contribution in [0.3, 0.4) is 0 Å². The third kappa shape index (κ3) is 7.37. The molecule has 0 aliphatic heterocycles. The Labute approximate surface area is 119 Å². The van der Waals surface area contributed by atoms with Crippen LogP contribution in [0.4, 0.5) is 0 Å². The van der Waals surface area contributed by atoms with Crippen LogP contribution in [-0.4, -0.2) is 13.1 Å². The van der Waals surface area contributed by atoms with Gasteiger partial charge in [-0.3, -0.25) is 0 Å². The number of nitrogens with one attached hydrogen (secondary N) is 1. The Morgan fingerprint density at radius 1 is 1.16 bits per heavy atom. The summed E-state index contributed by atoms with van der Waals surface area (Å²) >= 11 is 0. The molecule has 0 amide bonds. The molecule has 1 atom stereocenters. The van der Waals surface area contributed by atoms with E-state index in [-0.39, 0.29) is 0 Å². The van der Waals surface area contributed by atoms with Gasteiger partial charge in [-0.05, 0) is 50.3 Å². The molecule has 0 fully saturated rings. The maximum Gasteiger partial charge on any atom is -0.00172 e. The van der Waals surface area contributed by atoms with Crippen LogP contribution >= 0.6 is 0 Å². The van der Waals surface area contributed by atoms with Crippen molar-refractivity contribution in [3.63, 3.8) is 0 Å². The van der Waals surface area contributed by atoms with Crippen LogP contribution in [0.5, 0.6) is 0 Å². The molecule has 19 heavy (non-hydrogen) atoms. The zero-order valence-corrected chi connectivity index (χ0v) is 13.2. The molecule has 1 rings (SSSR count). The van der Waals surface area contributed by atoms with Gasteiger partial charge >= 0.3 is 0 Å². The predicted molar refractivity (Wildman–Crippen MR) is 85.6 cm³/mol. The van der Waals surface area contributed by atoms with E-state index in [1.165, 1.54) is 36.8 Å². The van der Waals surface area contributed by atoms with Gasteiger partial charge in [0.2, 0.25) is 0 Å². The van der Waals surface area contributed by atoms with Gasteiger partial charge in [0.15, 0.2) is 0 Å². The van der Waals surface area contributed by atoms with Crippen molar-refractivity contribution in [2.75, 3.05) is 13.1 Å². The fourth-order valence-corrected chi connectivity index (χ4v) is 2.52. The first-order chi connectivity index (χ1) is 9.11. The van der Waals surface area contributed by atoms with Crippen molar-refractivity contribution < 1.29 is 0 Å². The quantitative estimate of drug-likeness (QED) is 0.685. The zero-order chi connectivity index (χ0) is 14.1. The summed E-state index contributed by atoms with van der Waals surface area (Å²) in [5.74, 6) is 1.52. The summed E-state index contributed by atoms with van der Waals surface area (Å²) in [6.45, 7) is 11.3. The lowest BCUT2D eigenvalue weighted by Crippen LogP contribution is -2.27. The van der Waals surface area contributed by atoms with E-state index >= 15 is 0 Å². The summed E-state index contributed by atoms with van der Waals surface area (Å²) in [5.41, 5.74) is 2.87. The van der Waals surface area contributed by atoms with Crippen LogP contribution in [0.1, 0.15) is 51.2 Å². The standard InChI is InChI=1S/C18H31N/c1-5-6-9-18(14-19-13-15(2)3)12-17-10-7-8-16(4)11-17/h7-8,10-11,15,18-19H,5-6,9,12-14H2,1-4H3. The Kier molecular flexibility index (Phi) is 7.81. The Bertz CT molecular complexity index is 343. The Balaban J connectivity index is 2.48. The molecular formula is C18H31N. The van der Waals surface area contributed by atoms with E-state index in [0.29, 0.717) is 0 Å². The molecule has 0 heterocycles. The van der Waals surface area contributed by atoms with E-state index in [2.05, 4.69) is 57.3 Å². The van der Waals surface area contributed by atoms with Gasteiger partial charge in [-0.2, -0.15) is 0 Å². The Morgan fingerprint density at radius 3 is 2.58 bits per heavy atom. The number of hydrogen-bond donors (Lipinski definition) is 1. The van der Waals surface area contributed by atoms with Gasteiger partial charge in [0, 0.05) is 0 Å². The number of rotatable bonds is 9. The average Bonchev–Trinajstić information content (AvgIpc) is 2.35. The normalized spacial score (nSPS) is 12.9. The number of unbranched alkanes of at least 4 members (excludes halogenated alkanes) is 1. The average molecular weight is 261 g/mol. The molecule has 0 spiro atoms. The van der Waals surface area contributed by atoms with Crippen molar-refractivity contribution in [1.29, 1.82) is 0 Å². The molecule has 0 radical (unpaired) electrons. The van der Waals surface area contributed by atoms with Crippen LogP contribution in [0, 0.1) is 18.8 Å². The lowest BCUT2D eigenvalue weighted by molar-refractivity contribution is 0.413. The minimum Gasteiger partial charge on any atom is -0.316 e. The smallest absolute Gasteiger partial charge is 0.00172 e. The van der Waals surface area contributed by atoms with E-state index in [9.17, 15) is 0 Å². The summed E-state index contributed by atoms with van der Waals surface area (Å²) in [5, 5.41) is 3.63. The highest BCUT2D eigenvalue weighted by atomic mass is 14.9. The zero-order valence-electron chi connectivity index (χ0n) is 13.2. The van der Waals surface area contributed by atoms with Crippen molar-refractivity contribution in [3.8, 4) is 0 Å². The monoisotopic (exact) mass is 261 g/mol. The van der Waals surface area contributed by atoms with Crippen LogP contribution in [0.2, 0.25) is 0 Å². The van der Waals surface area contributed by atoms with Gasteiger partial charge < -0.3 is 5.32 Å². The van der Waals surface area contributed by atoms with Crippen molar-refractivity contribution in [2.45, 2.75) is 53.4 Å². The number of benzene rings is 1. The molecular weight excluding hydrogens is 230 g/mol. The van der Waals surface area contributed by atoms with E-state index in [4.69, 9.17) is 0 Å². The first-order valence-corrected chi connectivity index (χ1v) is 7.88. The first-order valence-electron chi connectivity index (χ1n) is 7.88. The predicted octanol–water partition coefficient (Wildman–Crippen LogP) is 4.59. The topological polar surface area (TPSA) is 12.0 Å².